The minimum atomic E-state index is 0.0222. The van der Waals surface area contributed by atoms with Gasteiger partial charge < -0.3 is 10.4 Å². The number of rotatable bonds is 5. The molecule has 0 radical (unpaired) electrons. The fraction of sp³-hybridized carbons (Fsp3) is 0.714. The molecule has 0 bridgehead atoms. The molecule has 2 N–H and O–H groups in total. The minimum Gasteiger partial charge on any atom is -0.396 e. The molecule has 108 valence electrons. The number of nitrogens with one attached hydrogen (secondary N) is 1. The Kier molecular flexibility index (Phi) is 5.56. The van der Waals surface area contributed by atoms with Crippen LogP contribution in [0, 0.1) is 5.41 Å². The predicted molar refractivity (Wildman–Crippen MR) is 79.7 cm³/mol. The van der Waals surface area contributed by atoms with E-state index in [9.17, 15) is 5.11 Å². The Balaban J connectivity index is 3.06. The molecule has 0 saturated heterocycles. The molecule has 0 saturated carbocycles. The van der Waals surface area contributed by atoms with E-state index in [-0.39, 0.29) is 24.0 Å². The van der Waals surface area contributed by atoms with Crippen LogP contribution >= 0.6 is 11.6 Å². The van der Waals surface area contributed by atoms with Gasteiger partial charge in [0.05, 0.1) is 0 Å². The minimum absolute atomic E-state index is 0.0222. The number of hydrogen-bond donors (Lipinski definition) is 2. The predicted octanol–water partition coefficient (Wildman–Crippen LogP) is 3.46. The zero-order chi connectivity index (χ0) is 14.6. The fourth-order valence-electron chi connectivity index (χ4n) is 2.02. The summed E-state index contributed by atoms with van der Waals surface area (Å²) in [7, 11) is 0. The molecule has 0 amide bonds. The molecule has 0 aliphatic rings. The summed E-state index contributed by atoms with van der Waals surface area (Å²) in [5, 5.41) is 13.1. The molecule has 0 spiro atoms. The number of anilines is 1. The summed E-state index contributed by atoms with van der Waals surface area (Å²) in [5.41, 5.74) is 0.949. The van der Waals surface area contributed by atoms with Gasteiger partial charge in [-0.05, 0) is 17.8 Å². The average Bonchev–Trinajstić information content (AvgIpc) is 2.26. The summed E-state index contributed by atoms with van der Waals surface area (Å²) in [6.07, 6.45) is 2.14. The molecule has 1 aromatic rings. The van der Waals surface area contributed by atoms with Crippen molar-refractivity contribution >= 4 is 17.4 Å². The van der Waals surface area contributed by atoms with Gasteiger partial charge in [0.15, 0.2) is 0 Å². The maximum Gasteiger partial charge on any atom is 0.138 e. The molecule has 4 nitrogen and oxygen atoms in total. The van der Waals surface area contributed by atoms with Gasteiger partial charge in [0.2, 0.25) is 0 Å². The van der Waals surface area contributed by atoms with Crippen molar-refractivity contribution in [3.05, 3.63) is 17.0 Å². The molecule has 19 heavy (non-hydrogen) atoms. The van der Waals surface area contributed by atoms with Crippen molar-refractivity contribution in [1.29, 1.82) is 0 Å². The third-order valence-electron chi connectivity index (χ3n) is 3.19. The lowest BCUT2D eigenvalue weighted by Gasteiger charge is -2.32. The van der Waals surface area contributed by atoms with Crippen molar-refractivity contribution in [2.24, 2.45) is 5.41 Å². The van der Waals surface area contributed by atoms with Gasteiger partial charge >= 0.3 is 0 Å². The monoisotopic (exact) mass is 285 g/mol. The lowest BCUT2D eigenvalue weighted by molar-refractivity contribution is 0.235. The highest BCUT2D eigenvalue weighted by Gasteiger charge is 2.26. The summed E-state index contributed by atoms with van der Waals surface area (Å²) in [4.78, 5) is 8.35. The van der Waals surface area contributed by atoms with Crippen molar-refractivity contribution in [2.45, 2.75) is 53.0 Å². The van der Waals surface area contributed by atoms with Crippen LogP contribution in [0.5, 0.6) is 0 Å². The lowest BCUT2D eigenvalue weighted by Crippen LogP contribution is -2.35. The van der Waals surface area contributed by atoms with Crippen molar-refractivity contribution < 1.29 is 5.11 Å². The molecular weight excluding hydrogens is 262 g/mol. The first kappa shape index (κ1) is 16.2. The van der Waals surface area contributed by atoms with E-state index in [1.54, 1.807) is 0 Å². The Labute approximate surface area is 120 Å². The molecule has 1 atom stereocenters. The van der Waals surface area contributed by atoms with E-state index in [0.29, 0.717) is 11.6 Å². The van der Waals surface area contributed by atoms with Crippen LogP contribution in [0.2, 0.25) is 5.15 Å². The van der Waals surface area contributed by atoms with Crippen molar-refractivity contribution in [1.82, 2.24) is 9.97 Å². The van der Waals surface area contributed by atoms with E-state index in [4.69, 9.17) is 11.6 Å². The van der Waals surface area contributed by atoms with Crippen molar-refractivity contribution in [2.75, 3.05) is 11.9 Å². The Morgan fingerprint density at radius 2 is 1.95 bits per heavy atom. The first-order valence-corrected chi connectivity index (χ1v) is 7.03. The van der Waals surface area contributed by atoms with Crippen LogP contribution in [0.25, 0.3) is 0 Å². The van der Waals surface area contributed by atoms with Gasteiger partial charge in [-0.15, -0.1) is 0 Å². The molecule has 0 fully saturated rings. The maximum absolute atomic E-state index is 9.21. The van der Waals surface area contributed by atoms with Crippen LogP contribution < -0.4 is 5.32 Å². The second-order valence-corrected chi connectivity index (χ2v) is 6.51. The third kappa shape index (κ3) is 4.32. The first-order valence-electron chi connectivity index (χ1n) is 6.65. The van der Waals surface area contributed by atoms with E-state index in [1.807, 2.05) is 0 Å². The van der Waals surface area contributed by atoms with E-state index < -0.39 is 0 Å². The largest absolute Gasteiger partial charge is 0.396 e. The highest BCUT2D eigenvalue weighted by Crippen LogP contribution is 2.31. The van der Waals surface area contributed by atoms with Crippen LogP contribution in [-0.4, -0.2) is 27.7 Å². The van der Waals surface area contributed by atoms with Crippen LogP contribution in [-0.2, 0) is 0 Å². The topological polar surface area (TPSA) is 58.0 Å². The summed E-state index contributed by atoms with van der Waals surface area (Å²) in [5.74, 6) is 1.01. The standard InChI is InChI=1S/C14H24ClN3O/c1-9(2)11-12(15)16-8-17-13(11)18-10(6-7-19)14(3,4)5/h8-10,19H,6-7H2,1-5H3,(H,16,17,18). The second kappa shape index (κ2) is 6.53. The maximum atomic E-state index is 9.21. The molecule has 0 aromatic carbocycles. The lowest BCUT2D eigenvalue weighted by atomic mass is 9.84. The van der Waals surface area contributed by atoms with Crippen molar-refractivity contribution in [3.63, 3.8) is 0 Å². The number of nitrogens with zero attached hydrogens (tertiary/aromatic N) is 2. The zero-order valence-electron chi connectivity index (χ0n) is 12.4. The number of halogens is 1. The van der Waals surface area contributed by atoms with E-state index in [1.165, 1.54) is 6.33 Å². The smallest absolute Gasteiger partial charge is 0.138 e. The molecule has 0 aliphatic heterocycles. The van der Waals surface area contributed by atoms with Crippen LogP contribution in [0.4, 0.5) is 5.82 Å². The van der Waals surface area contributed by atoms with Crippen molar-refractivity contribution in [3.8, 4) is 0 Å². The molecule has 1 unspecified atom stereocenters. The summed E-state index contributed by atoms with van der Waals surface area (Å²) < 4.78 is 0. The van der Waals surface area contributed by atoms with Gasteiger partial charge in [0.1, 0.15) is 17.3 Å². The van der Waals surface area contributed by atoms with Crippen LogP contribution in [0.3, 0.4) is 0 Å². The molecule has 1 rings (SSSR count). The fourth-order valence-corrected chi connectivity index (χ4v) is 2.37. The number of aromatic nitrogens is 2. The highest BCUT2D eigenvalue weighted by atomic mass is 35.5. The van der Waals surface area contributed by atoms with Crippen LogP contribution in [0.15, 0.2) is 6.33 Å². The zero-order valence-corrected chi connectivity index (χ0v) is 13.1. The average molecular weight is 286 g/mol. The summed E-state index contributed by atoms with van der Waals surface area (Å²) in [6.45, 7) is 10.7. The Bertz CT molecular complexity index is 416. The first-order chi connectivity index (χ1) is 8.77. The number of aliphatic hydroxyl groups is 1. The molecule has 5 heteroatoms. The van der Waals surface area contributed by atoms with Gasteiger partial charge in [-0.25, -0.2) is 9.97 Å². The number of hydrogen-bond acceptors (Lipinski definition) is 4. The van der Waals surface area contributed by atoms with E-state index in [2.05, 4.69) is 49.9 Å². The summed E-state index contributed by atoms with van der Waals surface area (Å²) >= 11 is 6.16. The van der Waals surface area contributed by atoms with E-state index in [0.717, 1.165) is 11.4 Å². The Morgan fingerprint density at radius 1 is 1.32 bits per heavy atom. The van der Waals surface area contributed by atoms with Gasteiger partial charge in [-0.2, -0.15) is 0 Å². The third-order valence-corrected chi connectivity index (χ3v) is 3.49. The SMILES string of the molecule is CC(C)c1c(Cl)ncnc1NC(CCO)C(C)(C)C. The Morgan fingerprint density at radius 3 is 2.42 bits per heavy atom. The van der Waals surface area contributed by atoms with E-state index >= 15 is 0 Å². The second-order valence-electron chi connectivity index (χ2n) is 6.16. The van der Waals surface area contributed by atoms with Crippen LogP contribution in [0.1, 0.15) is 52.5 Å². The molecule has 0 aliphatic carbocycles. The summed E-state index contributed by atoms with van der Waals surface area (Å²) in [6, 6.07) is 0.126. The van der Waals surface area contributed by atoms with Gasteiger partial charge in [0, 0.05) is 18.2 Å². The normalized spacial score (nSPS) is 13.7. The van der Waals surface area contributed by atoms with Gasteiger partial charge in [-0.1, -0.05) is 46.2 Å². The molecule has 1 heterocycles. The molecule has 1 aromatic heterocycles. The highest BCUT2D eigenvalue weighted by molar-refractivity contribution is 6.30. The molecular formula is C14H24ClN3O. The quantitative estimate of drug-likeness (QED) is 0.814. The number of aliphatic hydroxyl groups excluding tert-OH is 1. The Hall–Kier alpha value is -0.870. The van der Waals surface area contributed by atoms with Gasteiger partial charge in [0.25, 0.3) is 0 Å². The van der Waals surface area contributed by atoms with Gasteiger partial charge in [-0.3, -0.25) is 0 Å².